The average molecular weight is 371 g/mol. The van der Waals surface area contributed by atoms with Gasteiger partial charge in [-0.1, -0.05) is 0 Å². The quantitative estimate of drug-likeness (QED) is 0.548. The van der Waals surface area contributed by atoms with Crippen LogP contribution in [-0.2, 0) is 29.3 Å². The molecule has 10 heteroatoms. The second-order valence-corrected chi connectivity index (χ2v) is 6.61. The van der Waals surface area contributed by atoms with Gasteiger partial charge >= 0.3 is 0 Å². The van der Waals surface area contributed by atoms with Gasteiger partial charge in [-0.2, -0.15) is 8.42 Å². The molecule has 0 radical (unpaired) electrons. The third-order valence-electron chi connectivity index (χ3n) is 2.99. The van der Waals surface area contributed by atoms with Gasteiger partial charge in [0.05, 0.1) is 30.5 Å². The molecule has 0 aromatic heterocycles. The number of benzene rings is 1. The molecule has 0 bridgehead atoms. The van der Waals surface area contributed by atoms with Crippen LogP contribution < -0.4 is 9.64 Å². The largest absolute Gasteiger partial charge is 0.495 e. The fraction of sp³-hybridized carbons (Fsp3) is 0.333. The summed E-state index contributed by atoms with van der Waals surface area (Å²) in [4.78, 5) is 47.0. The highest BCUT2D eigenvalue weighted by molar-refractivity contribution is 7.85. The van der Waals surface area contributed by atoms with Crippen LogP contribution in [-0.4, -0.2) is 43.5 Å². The molecule has 0 atom stereocenters. The third kappa shape index (κ3) is 5.47. The van der Waals surface area contributed by atoms with E-state index in [9.17, 15) is 27.6 Å². The van der Waals surface area contributed by atoms with E-state index in [1.165, 1.54) is 7.11 Å². The second kappa shape index (κ2) is 7.99. The Labute approximate surface area is 144 Å². The molecule has 1 rings (SSSR count). The summed E-state index contributed by atoms with van der Waals surface area (Å²) < 4.78 is 36.8. The molecule has 25 heavy (non-hydrogen) atoms. The number of carbonyl (C=O) groups excluding carboxylic acids is 4. The lowest BCUT2D eigenvalue weighted by Crippen LogP contribution is -2.39. The molecular weight excluding hydrogens is 354 g/mol. The van der Waals surface area contributed by atoms with Crippen LogP contribution in [0.3, 0.4) is 0 Å². The van der Waals surface area contributed by atoms with Crippen molar-refractivity contribution in [3.63, 3.8) is 0 Å². The standard InChI is InChI=1S/C15H17NO8S/c1-9(17)6-14(19)16(15(20)7-10(2)18)12-8-11(25(21,22)23)4-5-13(12)24-3/h4-5,8H,6-7H2,1-3H3,(H,21,22,23). The Balaban J connectivity index is 3.56. The minimum Gasteiger partial charge on any atom is -0.495 e. The van der Waals surface area contributed by atoms with Gasteiger partial charge in [0.1, 0.15) is 17.3 Å². The van der Waals surface area contributed by atoms with Crippen molar-refractivity contribution in [1.29, 1.82) is 0 Å². The summed E-state index contributed by atoms with van der Waals surface area (Å²) >= 11 is 0. The predicted molar refractivity (Wildman–Crippen MR) is 85.9 cm³/mol. The van der Waals surface area contributed by atoms with E-state index in [0.717, 1.165) is 32.0 Å². The van der Waals surface area contributed by atoms with Crippen LogP contribution in [0.2, 0.25) is 0 Å². The molecule has 9 nitrogen and oxygen atoms in total. The normalized spacial score (nSPS) is 10.9. The molecule has 0 heterocycles. The number of imide groups is 1. The minimum atomic E-state index is -4.62. The zero-order valence-corrected chi connectivity index (χ0v) is 14.6. The number of nitrogens with zero attached hydrogens (tertiary/aromatic N) is 1. The lowest BCUT2D eigenvalue weighted by molar-refractivity contribution is -0.130. The predicted octanol–water partition coefficient (Wildman–Crippen LogP) is 0.760. The molecule has 0 unspecified atom stereocenters. The molecule has 2 amide bonds. The van der Waals surface area contributed by atoms with Crippen LogP contribution in [0, 0.1) is 0 Å². The van der Waals surface area contributed by atoms with E-state index < -0.39 is 51.2 Å². The first kappa shape index (κ1) is 20.5. The lowest BCUT2D eigenvalue weighted by atomic mass is 10.2. The van der Waals surface area contributed by atoms with Gasteiger partial charge in [-0.05, 0) is 32.0 Å². The van der Waals surface area contributed by atoms with Crippen molar-refractivity contribution >= 4 is 39.2 Å². The first-order chi connectivity index (χ1) is 11.5. The Kier molecular flexibility index (Phi) is 6.54. The van der Waals surface area contributed by atoms with Crippen LogP contribution in [0.1, 0.15) is 26.7 Å². The number of hydrogen-bond acceptors (Lipinski definition) is 7. The van der Waals surface area contributed by atoms with Crippen LogP contribution in [0.15, 0.2) is 23.1 Å². The van der Waals surface area contributed by atoms with E-state index >= 15 is 0 Å². The molecular formula is C15H17NO8S. The molecule has 1 aromatic carbocycles. The van der Waals surface area contributed by atoms with Gasteiger partial charge in [0, 0.05) is 0 Å². The van der Waals surface area contributed by atoms with Crippen molar-refractivity contribution in [2.75, 3.05) is 12.0 Å². The second-order valence-electron chi connectivity index (χ2n) is 5.19. The fourth-order valence-corrected chi connectivity index (χ4v) is 2.50. The number of ketones is 2. The maximum absolute atomic E-state index is 12.3. The maximum atomic E-state index is 12.3. The number of rotatable bonds is 7. The van der Waals surface area contributed by atoms with Gasteiger partial charge in [0.2, 0.25) is 11.8 Å². The summed E-state index contributed by atoms with van der Waals surface area (Å²) in [6.45, 7) is 2.27. The first-order valence-electron chi connectivity index (χ1n) is 6.97. The SMILES string of the molecule is COc1ccc(S(=O)(=O)O)cc1N(C(=O)CC(C)=O)C(=O)CC(C)=O. The van der Waals surface area contributed by atoms with Gasteiger partial charge in [0.15, 0.2) is 0 Å². The third-order valence-corrected chi connectivity index (χ3v) is 3.84. The summed E-state index contributed by atoms with van der Waals surface area (Å²) in [7, 11) is -3.40. The minimum absolute atomic E-state index is 0.0544. The van der Waals surface area contributed by atoms with E-state index in [1.54, 1.807) is 0 Å². The molecule has 0 aliphatic heterocycles. The van der Waals surface area contributed by atoms with Crippen LogP contribution in [0.4, 0.5) is 5.69 Å². The van der Waals surface area contributed by atoms with Crippen LogP contribution >= 0.6 is 0 Å². The smallest absolute Gasteiger partial charge is 0.294 e. The van der Waals surface area contributed by atoms with E-state index in [2.05, 4.69) is 0 Å². The summed E-state index contributed by atoms with van der Waals surface area (Å²) in [5.74, 6) is -3.03. The highest BCUT2D eigenvalue weighted by Gasteiger charge is 2.29. The summed E-state index contributed by atoms with van der Waals surface area (Å²) in [6.07, 6.45) is -1.27. The number of amides is 2. The van der Waals surface area contributed by atoms with E-state index in [0.29, 0.717) is 4.90 Å². The van der Waals surface area contributed by atoms with Crippen molar-refractivity contribution in [1.82, 2.24) is 0 Å². The zero-order valence-electron chi connectivity index (χ0n) is 13.8. The zero-order chi connectivity index (χ0) is 19.4. The first-order valence-corrected chi connectivity index (χ1v) is 8.41. The monoisotopic (exact) mass is 371 g/mol. The summed E-state index contributed by atoms with van der Waals surface area (Å²) in [5.41, 5.74) is -0.296. The van der Waals surface area contributed by atoms with Crippen molar-refractivity contribution in [2.24, 2.45) is 0 Å². The van der Waals surface area contributed by atoms with Crippen molar-refractivity contribution in [3.8, 4) is 5.75 Å². The molecule has 0 fully saturated rings. The van der Waals surface area contributed by atoms with E-state index in [-0.39, 0.29) is 11.4 Å². The fourth-order valence-electron chi connectivity index (χ4n) is 2.00. The molecule has 1 aromatic rings. The number of anilines is 1. The van der Waals surface area contributed by atoms with Gasteiger partial charge in [-0.15, -0.1) is 0 Å². The molecule has 136 valence electrons. The maximum Gasteiger partial charge on any atom is 0.294 e. The Morgan fingerprint density at radius 3 is 1.88 bits per heavy atom. The Hall–Kier alpha value is -2.59. The lowest BCUT2D eigenvalue weighted by Gasteiger charge is -2.22. The van der Waals surface area contributed by atoms with E-state index in [1.807, 2.05) is 0 Å². The summed E-state index contributed by atoms with van der Waals surface area (Å²) in [6, 6.07) is 3.00. The highest BCUT2D eigenvalue weighted by Crippen LogP contribution is 2.32. The van der Waals surface area contributed by atoms with Crippen molar-refractivity contribution in [2.45, 2.75) is 31.6 Å². The highest BCUT2D eigenvalue weighted by atomic mass is 32.2. The summed E-state index contributed by atoms with van der Waals surface area (Å²) in [5, 5.41) is 0. The van der Waals surface area contributed by atoms with Crippen LogP contribution in [0.25, 0.3) is 0 Å². The number of Topliss-reactive ketones (excluding diaryl/α,β-unsaturated/α-hetero) is 2. The van der Waals surface area contributed by atoms with Gasteiger partial charge in [-0.25, -0.2) is 4.90 Å². The van der Waals surface area contributed by atoms with Crippen molar-refractivity contribution < 1.29 is 36.9 Å². The number of ether oxygens (including phenoxy) is 1. The Morgan fingerprint density at radius 2 is 1.52 bits per heavy atom. The Morgan fingerprint density at radius 1 is 1.04 bits per heavy atom. The molecule has 0 aliphatic rings. The number of methoxy groups -OCH3 is 1. The van der Waals surface area contributed by atoms with Crippen molar-refractivity contribution in [3.05, 3.63) is 18.2 Å². The van der Waals surface area contributed by atoms with Crippen LogP contribution in [0.5, 0.6) is 5.75 Å². The Bertz CT molecular complexity index is 800. The van der Waals surface area contributed by atoms with E-state index in [4.69, 9.17) is 9.29 Å². The number of hydrogen-bond donors (Lipinski definition) is 1. The van der Waals surface area contributed by atoms with Gasteiger partial charge in [0.25, 0.3) is 10.1 Å². The topological polar surface area (TPSA) is 135 Å². The molecule has 1 N–H and O–H groups in total. The molecule has 0 saturated heterocycles. The number of carbonyl (C=O) groups is 4. The molecule has 0 aliphatic carbocycles. The average Bonchev–Trinajstić information content (AvgIpc) is 2.44. The molecule has 0 spiro atoms. The molecule has 0 saturated carbocycles. The van der Waals surface area contributed by atoms with Gasteiger partial charge < -0.3 is 4.74 Å². The van der Waals surface area contributed by atoms with Gasteiger partial charge in [-0.3, -0.25) is 23.7 Å².